The van der Waals surface area contributed by atoms with Gasteiger partial charge >= 0.3 is 0 Å². The Hall–Kier alpha value is -0.830. The molecule has 0 aliphatic rings. The minimum atomic E-state index is -0.478. The molecular formula is C14H25IN4OS. The van der Waals surface area contributed by atoms with Crippen molar-refractivity contribution in [1.82, 2.24) is 16.0 Å². The fraction of sp³-hybridized carbons (Fsp3) is 0.571. The molecule has 0 saturated heterocycles. The number of amides is 1. The number of nitrogens with zero attached hydrogens (tertiary/aromatic N) is 1. The normalized spacial score (nSPS) is 11.5. The monoisotopic (exact) mass is 424 g/mol. The highest BCUT2D eigenvalue weighted by Crippen LogP contribution is 2.13. The third-order valence-corrected chi connectivity index (χ3v) is 3.72. The second kappa shape index (κ2) is 9.99. The molecule has 1 heterocycles. The van der Waals surface area contributed by atoms with E-state index in [1.807, 2.05) is 32.2 Å². The summed E-state index contributed by atoms with van der Waals surface area (Å²) in [4.78, 5) is 17.5. The number of carbonyl (C=O) groups excluding carboxylic acids is 1. The molecule has 0 fully saturated rings. The molecule has 0 radical (unpaired) electrons. The van der Waals surface area contributed by atoms with Crippen LogP contribution in [0.1, 0.15) is 25.6 Å². The van der Waals surface area contributed by atoms with E-state index in [0.29, 0.717) is 13.1 Å². The van der Waals surface area contributed by atoms with Crippen LogP contribution in [-0.2, 0) is 11.3 Å². The van der Waals surface area contributed by atoms with Crippen LogP contribution in [-0.4, -0.2) is 32.0 Å². The summed E-state index contributed by atoms with van der Waals surface area (Å²) in [6.07, 6.45) is 0. The lowest BCUT2D eigenvalue weighted by Crippen LogP contribution is -2.47. The molecule has 1 aromatic rings. The molecule has 0 bridgehead atoms. The predicted octanol–water partition coefficient (Wildman–Crippen LogP) is 2.19. The van der Waals surface area contributed by atoms with E-state index in [1.54, 1.807) is 18.4 Å². The maximum Gasteiger partial charge on any atom is 0.227 e. The lowest BCUT2D eigenvalue weighted by Gasteiger charge is -2.24. The number of rotatable bonds is 6. The van der Waals surface area contributed by atoms with Gasteiger partial charge in [0.05, 0.1) is 12.0 Å². The van der Waals surface area contributed by atoms with Crippen LogP contribution in [0, 0.1) is 5.41 Å². The summed E-state index contributed by atoms with van der Waals surface area (Å²) in [6, 6.07) is 4.08. The summed E-state index contributed by atoms with van der Waals surface area (Å²) in [7, 11) is 1.65. The van der Waals surface area contributed by atoms with Crippen molar-refractivity contribution in [2.75, 3.05) is 20.1 Å². The van der Waals surface area contributed by atoms with Gasteiger partial charge < -0.3 is 16.0 Å². The van der Waals surface area contributed by atoms with Crippen LogP contribution in [0.3, 0.4) is 0 Å². The van der Waals surface area contributed by atoms with Crippen molar-refractivity contribution in [2.24, 2.45) is 10.4 Å². The quantitative estimate of drug-likeness (QED) is 0.373. The van der Waals surface area contributed by atoms with Crippen LogP contribution in [0.15, 0.2) is 22.5 Å². The smallest absolute Gasteiger partial charge is 0.227 e. The van der Waals surface area contributed by atoms with E-state index in [2.05, 4.69) is 27.0 Å². The molecule has 3 N–H and O–H groups in total. The van der Waals surface area contributed by atoms with Crippen molar-refractivity contribution in [3.63, 3.8) is 0 Å². The first-order valence-electron chi connectivity index (χ1n) is 6.76. The van der Waals surface area contributed by atoms with Crippen LogP contribution < -0.4 is 16.0 Å². The average molecular weight is 424 g/mol. The fourth-order valence-corrected chi connectivity index (χ4v) is 2.25. The Kier molecular flexibility index (Phi) is 9.60. The molecular weight excluding hydrogens is 399 g/mol. The third kappa shape index (κ3) is 7.12. The maximum absolute atomic E-state index is 11.7. The highest BCUT2D eigenvalue weighted by molar-refractivity contribution is 14.0. The first-order valence-corrected chi connectivity index (χ1v) is 7.64. The average Bonchev–Trinajstić information content (AvgIpc) is 2.94. The van der Waals surface area contributed by atoms with E-state index in [9.17, 15) is 4.79 Å². The second-order valence-electron chi connectivity index (χ2n) is 5.09. The van der Waals surface area contributed by atoms with Crippen molar-refractivity contribution in [1.29, 1.82) is 0 Å². The number of aliphatic imine (C=N–C) groups is 1. The Labute approximate surface area is 148 Å². The van der Waals surface area contributed by atoms with Gasteiger partial charge in [0.25, 0.3) is 0 Å². The summed E-state index contributed by atoms with van der Waals surface area (Å²) in [5, 5.41) is 11.1. The van der Waals surface area contributed by atoms with E-state index in [0.717, 1.165) is 12.5 Å². The number of hydrogen-bond donors (Lipinski definition) is 3. The van der Waals surface area contributed by atoms with Crippen LogP contribution in [0.4, 0.5) is 0 Å². The maximum atomic E-state index is 11.7. The summed E-state index contributed by atoms with van der Waals surface area (Å²) >= 11 is 1.69. The Morgan fingerprint density at radius 1 is 1.38 bits per heavy atom. The highest BCUT2D eigenvalue weighted by Gasteiger charge is 2.26. The first kappa shape index (κ1) is 20.2. The molecule has 1 aromatic heterocycles. The van der Waals surface area contributed by atoms with Crippen molar-refractivity contribution >= 4 is 47.2 Å². The second-order valence-corrected chi connectivity index (χ2v) is 6.12. The van der Waals surface area contributed by atoms with Gasteiger partial charge in [0.2, 0.25) is 5.91 Å². The van der Waals surface area contributed by atoms with Crippen molar-refractivity contribution in [3.05, 3.63) is 22.4 Å². The molecule has 120 valence electrons. The number of halogens is 1. The van der Waals surface area contributed by atoms with E-state index in [-0.39, 0.29) is 29.9 Å². The molecule has 0 atom stereocenters. The zero-order chi connectivity index (χ0) is 15.0. The molecule has 5 nitrogen and oxygen atoms in total. The van der Waals surface area contributed by atoms with Gasteiger partial charge in [-0.25, -0.2) is 4.99 Å². The van der Waals surface area contributed by atoms with Crippen LogP contribution in [0.25, 0.3) is 0 Å². The Balaban J connectivity index is 0.00000400. The van der Waals surface area contributed by atoms with Crippen molar-refractivity contribution < 1.29 is 4.79 Å². The lowest BCUT2D eigenvalue weighted by molar-refractivity contribution is -0.128. The van der Waals surface area contributed by atoms with Crippen LogP contribution in [0.5, 0.6) is 0 Å². The Morgan fingerprint density at radius 3 is 2.62 bits per heavy atom. The number of guanidine groups is 1. The van der Waals surface area contributed by atoms with E-state index in [4.69, 9.17) is 0 Å². The molecule has 0 unspecified atom stereocenters. The van der Waals surface area contributed by atoms with Gasteiger partial charge in [-0.15, -0.1) is 35.3 Å². The summed E-state index contributed by atoms with van der Waals surface area (Å²) < 4.78 is 0. The van der Waals surface area contributed by atoms with Gasteiger partial charge in [-0.05, 0) is 32.2 Å². The van der Waals surface area contributed by atoms with Gasteiger partial charge in [0.1, 0.15) is 0 Å². The standard InChI is InChI=1S/C14H24N4OS.HI/c1-5-16-13(17-9-11-7-6-8-20-11)18-10-14(2,3)12(19)15-4;/h6-8H,5,9-10H2,1-4H3,(H,15,19)(H2,16,17,18);1H. The van der Waals surface area contributed by atoms with Gasteiger partial charge in [0.15, 0.2) is 5.96 Å². The minimum absolute atomic E-state index is 0. The van der Waals surface area contributed by atoms with E-state index >= 15 is 0 Å². The number of hydrogen-bond acceptors (Lipinski definition) is 3. The molecule has 7 heteroatoms. The fourth-order valence-electron chi connectivity index (χ4n) is 1.62. The molecule has 21 heavy (non-hydrogen) atoms. The van der Waals surface area contributed by atoms with Gasteiger partial charge in [0, 0.05) is 25.0 Å². The van der Waals surface area contributed by atoms with Gasteiger partial charge in [-0.2, -0.15) is 0 Å². The molecule has 0 aromatic carbocycles. The van der Waals surface area contributed by atoms with E-state index in [1.165, 1.54) is 4.88 Å². The largest absolute Gasteiger partial charge is 0.359 e. The summed E-state index contributed by atoms with van der Waals surface area (Å²) in [6.45, 7) is 7.79. The van der Waals surface area contributed by atoms with Crippen LogP contribution in [0.2, 0.25) is 0 Å². The van der Waals surface area contributed by atoms with Crippen LogP contribution >= 0.6 is 35.3 Å². The summed E-state index contributed by atoms with van der Waals surface area (Å²) in [5.41, 5.74) is -0.478. The zero-order valence-electron chi connectivity index (χ0n) is 13.0. The minimum Gasteiger partial charge on any atom is -0.359 e. The predicted molar refractivity (Wildman–Crippen MR) is 100 cm³/mol. The van der Waals surface area contributed by atoms with Gasteiger partial charge in [-0.1, -0.05) is 6.07 Å². The summed E-state index contributed by atoms with van der Waals surface area (Å²) in [5.74, 6) is 0.747. The Bertz CT molecular complexity index is 446. The van der Waals surface area contributed by atoms with Crippen molar-refractivity contribution in [3.8, 4) is 0 Å². The first-order chi connectivity index (χ1) is 9.49. The molecule has 0 aliphatic carbocycles. The third-order valence-electron chi connectivity index (χ3n) is 2.86. The molecule has 0 aliphatic heterocycles. The topological polar surface area (TPSA) is 65.5 Å². The number of carbonyl (C=O) groups is 1. The van der Waals surface area contributed by atoms with E-state index < -0.39 is 5.41 Å². The van der Waals surface area contributed by atoms with Crippen molar-refractivity contribution in [2.45, 2.75) is 27.3 Å². The highest BCUT2D eigenvalue weighted by atomic mass is 127. The Morgan fingerprint density at radius 2 is 2.10 bits per heavy atom. The number of thiophene rings is 1. The molecule has 0 spiro atoms. The number of nitrogens with one attached hydrogen (secondary N) is 3. The zero-order valence-corrected chi connectivity index (χ0v) is 16.2. The molecule has 1 rings (SSSR count). The molecule has 1 amide bonds. The lowest BCUT2D eigenvalue weighted by atomic mass is 9.92. The SMILES string of the molecule is CCNC(=NCc1cccs1)NCC(C)(C)C(=O)NC.I. The molecule has 0 saturated carbocycles. The van der Waals surface area contributed by atoms with Gasteiger partial charge in [-0.3, -0.25) is 4.79 Å².